The van der Waals surface area contributed by atoms with Gasteiger partial charge < -0.3 is 155 Å². The highest BCUT2D eigenvalue weighted by Crippen LogP contribution is 2.37. The summed E-state index contributed by atoms with van der Waals surface area (Å²) in [5.41, 5.74) is 0.0594. The molecule has 0 aliphatic carbocycles. The topological polar surface area (TPSA) is 539 Å². The molecule has 36 nitrogen and oxygen atoms in total. The number of benzene rings is 1. The first-order valence-corrected chi connectivity index (χ1v) is 33.2. The van der Waals surface area contributed by atoms with Crippen molar-refractivity contribution in [2.75, 3.05) is 39.6 Å². The maximum atomic E-state index is 14.0. The lowest BCUT2D eigenvalue weighted by Gasteiger charge is -2.51. The third-order valence-electron chi connectivity index (χ3n) is 17.9. The van der Waals surface area contributed by atoms with Crippen LogP contribution in [0.3, 0.4) is 0 Å². The average molecular weight is 1410 g/mol. The first-order valence-electron chi connectivity index (χ1n) is 33.2. The maximum Gasteiger partial charge on any atom is 0.251 e. The lowest BCUT2D eigenvalue weighted by atomic mass is 9.93. The molecule has 98 heavy (non-hydrogen) atoms. The van der Waals surface area contributed by atoms with Crippen molar-refractivity contribution in [3.63, 3.8) is 0 Å². The van der Waals surface area contributed by atoms with E-state index < -0.39 is 246 Å². The molecule has 19 N–H and O–H groups in total. The second-order valence-electron chi connectivity index (χ2n) is 25.4. The molecule has 7 rings (SSSR count). The summed E-state index contributed by atoms with van der Waals surface area (Å²) in [5.74, 6) is -3.68. The van der Waals surface area contributed by atoms with E-state index in [4.69, 9.17) is 56.8 Å². The first-order chi connectivity index (χ1) is 46.7. The van der Waals surface area contributed by atoms with E-state index in [0.29, 0.717) is 12.4 Å². The first kappa shape index (κ1) is 80.7. The third-order valence-corrected chi connectivity index (χ3v) is 17.9. The zero-order chi connectivity index (χ0) is 71.8. The highest BCUT2D eigenvalue weighted by atomic mass is 16.8. The zero-order valence-electron chi connectivity index (χ0n) is 55.4. The number of carbonyl (C=O) groups excluding carboxylic acids is 5. The molecule has 6 aliphatic rings. The van der Waals surface area contributed by atoms with Gasteiger partial charge in [0.2, 0.25) is 23.6 Å². The molecule has 30 atom stereocenters. The van der Waals surface area contributed by atoms with Crippen LogP contribution in [0.25, 0.3) is 0 Å². The van der Waals surface area contributed by atoms with E-state index >= 15 is 0 Å². The molecule has 0 saturated carbocycles. The fraction of sp³-hybridized carbons (Fsp3) is 0.823. The van der Waals surface area contributed by atoms with Crippen LogP contribution in [0.2, 0.25) is 0 Å². The van der Waals surface area contributed by atoms with Gasteiger partial charge in [0.25, 0.3) is 5.91 Å². The van der Waals surface area contributed by atoms with Gasteiger partial charge in [0.1, 0.15) is 146 Å². The van der Waals surface area contributed by atoms with Gasteiger partial charge >= 0.3 is 0 Å². The van der Waals surface area contributed by atoms with Crippen molar-refractivity contribution in [2.45, 2.75) is 283 Å². The molecule has 1 aromatic carbocycles. The van der Waals surface area contributed by atoms with E-state index in [-0.39, 0.29) is 5.56 Å². The number of aliphatic hydroxyl groups is 14. The second kappa shape index (κ2) is 38.0. The molecule has 0 bridgehead atoms. The van der Waals surface area contributed by atoms with Gasteiger partial charge in [-0.3, -0.25) is 24.0 Å². The third kappa shape index (κ3) is 20.6. The Labute approximate surface area is 565 Å². The van der Waals surface area contributed by atoms with E-state index in [9.17, 15) is 95.5 Å². The molecular formula is C62H101N5O31. The minimum absolute atomic E-state index is 0.0594. The van der Waals surface area contributed by atoms with Gasteiger partial charge in [-0.15, -0.1) is 0 Å². The van der Waals surface area contributed by atoms with Gasteiger partial charge in [-0.1, -0.05) is 64.4 Å². The molecule has 0 aromatic heterocycles. The predicted molar refractivity (Wildman–Crippen MR) is 329 cm³/mol. The fourth-order valence-electron chi connectivity index (χ4n) is 12.7. The SMILES string of the molecule is CCCCCCCCCCCOc1cccc(C(=O)N[C@@H]2C(O[C@H]3C(O)C(NC(C)=O)C(OC4C(CO)O[C@@H](O[C@H]5C(O)C(NC(C)=O)C(OC6C(CO[C@@H]7OC(C)[C@@H](O)C(O)[C@H]7O)O[C@@H](O)[C@@H](NC(C)=O)[C@H]6O)O[C@H]5CO)[C@@H](NC(C)=O)[C@H]4O)O[C@H]3CO)OC(CO)[C@@H](O)[C@@H]2O)c1. The van der Waals surface area contributed by atoms with E-state index in [1.165, 1.54) is 51.2 Å². The summed E-state index contributed by atoms with van der Waals surface area (Å²) >= 11 is 0. The summed E-state index contributed by atoms with van der Waals surface area (Å²) in [6.07, 6.45) is -34.9. The molecular weight excluding hydrogens is 1310 g/mol. The number of amides is 5. The lowest BCUT2D eigenvalue weighted by molar-refractivity contribution is -0.368. The van der Waals surface area contributed by atoms with E-state index in [1.807, 2.05) is 0 Å². The Hall–Kier alpha value is -4.63. The smallest absolute Gasteiger partial charge is 0.251 e. The molecule has 5 amide bonds. The predicted octanol–water partition coefficient (Wildman–Crippen LogP) is -7.15. The van der Waals surface area contributed by atoms with Gasteiger partial charge in [0, 0.05) is 33.3 Å². The minimum Gasteiger partial charge on any atom is -0.494 e. The fourth-order valence-corrected chi connectivity index (χ4v) is 12.7. The Bertz CT molecular complexity index is 2660. The number of hydrogen-bond acceptors (Lipinski definition) is 31. The highest BCUT2D eigenvalue weighted by Gasteiger charge is 2.58. The minimum atomic E-state index is -2.07. The van der Waals surface area contributed by atoms with Crippen molar-refractivity contribution in [2.24, 2.45) is 0 Å². The Morgan fingerprint density at radius 3 is 1.26 bits per heavy atom. The largest absolute Gasteiger partial charge is 0.494 e. The average Bonchev–Trinajstić information content (AvgIpc) is 0.772. The summed E-state index contributed by atoms with van der Waals surface area (Å²) < 4.78 is 72.0. The summed E-state index contributed by atoms with van der Waals surface area (Å²) in [4.78, 5) is 65.0. The Kier molecular flexibility index (Phi) is 31.3. The van der Waals surface area contributed by atoms with Crippen molar-refractivity contribution in [3.8, 4) is 5.75 Å². The van der Waals surface area contributed by atoms with E-state index in [1.54, 1.807) is 12.1 Å². The molecule has 6 aliphatic heterocycles. The van der Waals surface area contributed by atoms with Crippen molar-refractivity contribution >= 4 is 29.5 Å². The number of ether oxygens (including phenoxy) is 12. The quantitative estimate of drug-likeness (QED) is 0.0298. The van der Waals surface area contributed by atoms with Crippen molar-refractivity contribution in [1.82, 2.24) is 26.6 Å². The molecule has 0 spiro atoms. The van der Waals surface area contributed by atoms with Crippen LogP contribution in [0, 0.1) is 0 Å². The number of rotatable bonds is 32. The van der Waals surface area contributed by atoms with Crippen LogP contribution >= 0.6 is 0 Å². The van der Waals surface area contributed by atoms with E-state index in [2.05, 4.69) is 33.5 Å². The zero-order valence-corrected chi connectivity index (χ0v) is 55.4. The molecule has 6 heterocycles. The van der Waals surface area contributed by atoms with E-state index in [0.717, 1.165) is 53.4 Å². The van der Waals surface area contributed by atoms with Gasteiger partial charge in [-0.2, -0.15) is 0 Å². The van der Waals surface area contributed by atoms with Crippen LogP contribution in [0.1, 0.15) is 110 Å². The Balaban J connectivity index is 1.07. The maximum absolute atomic E-state index is 14.0. The van der Waals surface area contributed by atoms with Crippen LogP contribution in [0.4, 0.5) is 0 Å². The molecule has 14 unspecified atom stereocenters. The number of aliphatic hydroxyl groups excluding tert-OH is 14. The van der Waals surface area contributed by atoms with Crippen molar-refractivity contribution < 1.29 is 152 Å². The number of nitrogens with one attached hydrogen (secondary N) is 5. The van der Waals surface area contributed by atoms with Gasteiger partial charge in [-0.25, -0.2) is 0 Å². The summed E-state index contributed by atoms with van der Waals surface area (Å²) in [6, 6.07) is -2.45. The molecule has 6 fully saturated rings. The van der Waals surface area contributed by atoms with Crippen LogP contribution < -0.4 is 31.3 Å². The molecule has 36 heteroatoms. The summed E-state index contributed by atoms with van der Waals surface area (Å²) in [5, 5.41) is 168. The van der Waals surface area contributed by atoms with Gasteiger partial charge in [0.05, 0.1) is 45.7 Å². The molecule has 1 aromatic rings. The van der Waals surface area contributed by atoms with Gasteiger partial charge in [-0.05, 0) is 31.5 Å². The number of hydrogen-bond donors (Lipinski definition) is 19. The Morgan fingerprint density at radius 2 is 0.816 bits per heavy atom. The summed E-state index contributed by atoms with van der Waals surface area (Å²) in [6.45, 7) is 3.38. The Morgan fingerprint density at radius 1 is 0.418 bits per heavy atom. The summed E-state index contributed by atoms with van der Waals surface area (Å²) in [7, 11) is 0. The van der Waals surface area contributed by atoms with Crippen LogP contribution in [-0.2, 0) is 71.3 Å². The molecule has 6 saturated heterocycles. The normalized spacial score (nSPS) is 39.8. The lowest BCUT2D eigenvalue weighted by Crippen LogP contribution is -2.72. The van der Waals surface area contributed by atoms with Gasteiger partial charge in [0.15, 0.2) is 37.7 Å². The van der Waals surface area contributed by atoms with Crippen molar-refractivity contribution in [1.29, 1.82) is 0 Å². The second-order valence-corrected chi connectivity index (χ2v) is 25.4. The molecule has 560 valence electrons. The highest BCUT2D eigenvalue weighted by molar-refractivity contribution is 5.94. The standard InChI is InChI=1S/C62H101N5O31/c1-7-8-9-10-11-12-13-14-15-19-87-32-18-16-17-31(20-32)56(85)67-39-45(78)44(77)33(21-68)91-58(39)95-52-34(22-69)92-59(40(47(52)80)64-28(4)73)96-53-35(23-70)93-60(41(48(53)81)65-29(5)74)97-54-36(24-71)94-61(42(49(54)82)66-30(6)75)98-55-37(90-57(86)38(46(55)79)63-27(3)72)25-88-62-51(84)50(83)43(76)26(2)89-62/h16-18,20,26,33-55,57-62,68-71,76-84,86H,7-15,19,21-25H2,1-6H3,(H,63,72)(H,64,73)(H,65,74)(H,66,75)(H,67,85)/t26?,33?,34-,35?,36-,37?,38-,39-,40?,41-,42?,43+,44+,45+,46+,47?,48+,49?,50?,51+,52+,53?,54+,55?,57+,58?,59?,60-,61?,62+/m0/s1. The van der Waals surface area contributed by atoms with Crippen LogP contribution in [0.15, 0.2) is 24.3 Å². The van der Waals surface area contributed by atoms with Crippen LogP contribution in [0.5, 0.6) is 5.75 Å². The number of carbonyl (C=O) groups is 5. The monoisotopic (exact) mass is 1410 g/mol. The van der Waals surface area contributed by atoms with Crippen molar-refractivity contribution in [3.05, 3.63) is 29.8 Å². The number of unbranched alkanes of at least 4 members (excludes halogenated alkanes) is 8. The van der Waals surface area contributed by atoms with Crippen LogP contribution in [-0.4, -0.2) is 325 Å². The molecule has 0 radical (unpaired) electrons.